The molecule has 1 fully saturated rings. The van der Waals surface area contributed by atoms with E-state index in [1.165, 1.54) is 19.3 Å². The Bertz CT molecular complexity index is 526. The Labute approximate surface area is 125 Å². The summed E-state index contributed by atoms with van der Waals surface area (Å²) >= 11 is 0. The fourth-order valence-electron chi connectivity index (χ4n) is 2.93. The van der Waals surface area contributed by atoms with Crippen molar-refractivity contribution in [2.45, 2.75) is 24.8 Å². The average Bonchev–Trinajstić information content (AvgIpc) is 2.41. The van der Waals surface area contributed by atoms with Crippen molar-refractivity contribution in [1.82, 2.24) is 4.90 Å². The Balaban J connectivity index is 2.24. The van der Waals surface area contributed by atoms with Crippen LogP contribution in [0, 0.1) is 10.1 Å². The molecule has 0 unspecified atom stereocenters. The van der Waals surface area contributed by atoms with Gasteiger partial charge in [0.15, 0.2) is 0 Å². The SMILES string of the molecule is CNc1cc(N(C)CC2(N(C)C)CCC2)cc([N+](=O)[O-])c1. The molecule has 0 radical (unpaired) electrons. The zero-order chi connectivity index (χ0) is 15.6. The van der Waals surface area contributed by atoms with Crippen molar-refractivity contribution in [1.29, 1.82) is 0 Å². The van der Waals surface area contributed by atoms with Crippen molar-refractivity contribution in [3.63, 3.8) is 0 Å². The molecule has 0 aliphatic heterocycles. The third kappa shape index (κ3) is 3.10. The fraction of sp³-hybridized carbons (Fsp3) is 0.600. The van der Waals surface area contributed by atoms with Gasteiger partial charge in [-0.1, -0.05) is 0 Å². The first-order valence-corrected chi connectivity index (χ1v) is 7.24. The molecule has 0 spiro atoms. The van der Waals surface area contributed by atoms with Crippen LogP contribution >= 0.6 is 0 Å². The van der Waals surface area contributed by atoms with Crippen LogP contribution in [0.4, 0.5) is 17.1 Å². The maximum absolute atomic E-state index is 11.1. The molecule has 0 atom stereocenters. The van der Waals surface area contributed by atoms with Crippen molar-refractivity contribution in [3.05, 3.63) is 28.3 Å². The van der Waals surface area contributed by atoms with E-state index in [2.05, 4.69) is 29.2 Å². The Morgan fingerprint density at radius 2 is 1.95 bits per heavy atom. The third-order valence-electron chi connectivity index (χ3n) is 4.61. The maximum Gasteiger partial charge on any atom is 0.273 e. The molecule has 1 aliphatic rings. The van der Waals surface area contributed by atoms with E-state index in [4.69, 9.17) is 0 Å². The summed E-state index contributed by atoms with van der Waals surface area (Å²) < 4.78 is 0. The van der Waals surface area contributed by atoms with Gasteiger partial charge in [-0.2, -0.15) is 0 Å². The van der Waals surface area contributed by atoms with E-state index >= 15 is 0 Å². The normalized spacial score (nSPS) is 16.4. The van der Waals surface area contributed by atoms with Crippen LogP contribution in [0.1, 0.15) is 19.3 Å². The highest BCUT2D eigenvalue weighted by atomic mass is 16.6. The van der Waals surface area contributed by atoms with Crippen molar-refractivity contribution in [2.24, 2.45) is 0 Å². The van der Waals surface area contributed by atoms with Crippen molar-refractivity contribution in [3.8, 4) is 0 Å². The van der Waals surface area contributed by atoms with Crippen molar-refractivity contribution < 1.29 is 4.92 Å². The number of nitrogens with one attached hydrogen (secondary N) is 1. The van der Waals surface area contributed by atoms with E-state index in [-0.39, 0.29) is 16.1 Å². The van der Waals surface area contributed by atoms with Gasteiger partial charge in [-0.15, -0.1) is 0 Å². The second kappa shape index (κ2) is 5.89. The lowest BCUT2D eigenvalue weighted by molar-refractivity contribution is -0.384. The highest BCUT2D eigenvalue weighted by Gasteiger charge is 2.40. The average molecular weight is 292 g/mol. The molecule has 6 nitrogen and oxygen atoms in total. The number of rotatable bonds is 6. The van der Waals surface area contributed by atoms with Crippen LogP contribution in [0.5, 0.6) is 0 Å². The summed E-state index contributed by atoms with van der Waals surface area (Å²) in [5.41, 5.74) is 1.95. The molecule has 0 aromatic heterocycles. The maximum atomic E-state index is 11.1. The Hall–Kier alpha value is -1.82. The monoisotopic (exact) mass is 292 g/mol. The van der Waals surface area contributed by atoms with Gasteiger partial charge in [-0.3, -0.25) is 10.1 Å². The lowest BCUT2D eigenvalue weighted by Gasteiger charge is -2.49. The first-order valence-electron chi connectivity index (χ1n) is 7.24. The minimum atomic E-state index is -0.344. The fourth-order valence-corrected chi connectivity index (χ4v) is 2.93. The van der Waals surface area contributed by atoms with E-state index in [1.54, 1.807) is 19.2 Å². The molecule has 1 aromatic rings. The predicted octanol–water partition coefficient (Wildman–Crippen LogP) is 2.56. The van der Waals surface area contributed by atoms with Crippen LogP contribution in [0.3, 0.4) is 0 Å². The van der Waals surface area contributed by atoms with Crippen LogP contribution in [-0.4, -0.2) is 50.1 Å². The molecule has 1 aromatic carbocycles. The molecule has 0 saturated heterocycles. The Morgan fingerprint density at radius 1 is 1.29 bits per heavy atom. The number of hydrogen-bond acceptors (Lipinski definition) is 5. The second-order valence-electron chi connectivity index (χ2n) is 6.07. The summed E-state index contributed by atoms with van der Waals surface area (Å²) in [5, 5.41) is 14.0. The summed E-state index contributed by atoms with van der Waals surface area (Å²) in [6.07, 6.45) is 3.61. The van der Waals surface area contributed by atoms with E-state index in [9.17, 15) is 10.1 Å². The van der Waals surface area contributed by atoms with Crippen LogP contribution in [0.15, 0.2) is 18.2 Å². The quantitative estimate of drug-likeness (QED) is 0.645. The number of likely N-dealkylation sites (N-methyl/N-ethyl adjacent to an activating group) is 2. The number of hydrogen-bond donors (Lipinski definition) is 1. The molecule has 21 heavy (non-hydrogen) atoms. The molecule has 0 amide bonds. The molecule has 0 bridgehead atoms. The number of nitro groups is 1. The number of nitrogens with zero attached hydrogens (tertiary/aromatic N) is 3. The Morgan fingerprint density at radius 3 is 2.38 bits per heavy atom. The standard InChI is InChI=1S/C15H24N4O2/c1-16-12-8-13(10-14(9-12)19(20)21)18(4)11-15(17(2)3)6-5-7-15/h8-10,16H,5-7,11H2,1-4H3. The van der Waals surface area contributed by atoms with Crippen LogP contribution in [0.25, 0.3) is 0 Å². The first kappa shape index (κ1) is 15.6. The largest absolute Gasteiger partial charge is 0.388 e. The zero-order valence-corrected chi connectivity index (χ0v) is 13.2. The summed E-state index contributed by atoms with van der Waals surface area (Å²) in [6, 6.07) is 5.15. The summed E-state index contributed by atoms with van der Waals surface area (Å²) in [6.45, 7) is 0.879. The van der Waals surface area contributed by atoms with Gasteiger partial charge in [-0.25, -0.2) is 0 Å². The van der Waals surface area contributed by atoms with E-state index < -0.39 is 0 Å². The first-order chi connectivity index (χ1) is 9.88. The van der Waals surface area contributed by atoms with Gasteiger partial charge in [0.2, 0.25) is 0 Å². The van der Waals surface area contributed by atoms with Gasteiger partial charge in [0.05, 0.1) is 4.92 Å². The van der Waals surface area contributed by atoms with Gasteiger partial charge < -0.3 is 15.1 Å². The topological polar surface area (TPSA) is 61.6 Å². The molecule has 2 rings (SSSR count). The molecule has 0 heterocycles. The van der Waals surface area contributed by atoms with Crippen LogP contribution in [-0.2, 0) is 0 Å². The zero-order valence-electron chi connectivity index (χ0n) is 13.2. The molecular formula is C15H24N4O2. The third-order valence-corrected chi connectivity index (χ3v) is 4.61. The van der Waals surface area contributed by atoms with Crippen LogP contribution in [0.2, 0.25) is 0 Å². The van der Waals surface area contributed by atoms with E-state index in [1.807, 2.05) is 13.1 Å². The number of nitro benzene ring substituents is 1. The molecule has 1 saturated carbocycles. The summed E-state index contributed by atoms with van der Waals surface area (Å²) in [5.74, 6) is 0. The molecule has 1 N–H and O–H groups in total. The van der Waals surface area contributed by atoms with Gasteiger partial charge in [-0.05, 0) is 39.4 Å². The summed E-state index contributed by atoms with van der Waals surface area (Å²) in [7, 11) is 8.00. The minimum Gasteiger partial charge on any atom is -0.388 e. The van der Waals surface area contributed by atoms with Gasteiger partial charge in [0.25, 0.3) is 5.69 Å². The summed E-state index contributed by atoms with van der Waals surface area (Å²) in [4.78, 5) is 15.1. The van der Waals surface area contributed by atoms with Gasteiger partial charge >= 0.3 is 0 Å². The molecule has 1 aliphatic carbocycles. The van der Waals surface area contributed by atoms with Crippen molar-refractivity contribution in [2.75, 3.05) is 45.0 Å². The van der Waals surface area contributed by atoms with E-state index in [0.717, 1.165) is 17.9 Å². The number of benzene rings is 1. The molecule has 116 valence electrons. The number of anilines is 2. The lowest BCUT2D eigenvalue weighted by atomic mass is 9.75. The molecular weight excluding hydrogens is 268 g/mol. The van der Waals surface area contributed by atoms with Gasteiger partial charge in [0, 0.05) is 49.7 Å². The van der Waals surface area contributed by atoms with Crippen LogP contribution < -0.4 is 10.2 Å². The predicted molar refractivity (Wildman–Crippen MR) is 86.2 cm³/mol. The highest BCUT2D eigenvalue weighted by Crippen LogP contribution is 2.38. The highest BCUT2D eigenvalue weighted by molar-refractivity contribution is 5.64. The molecule has 6 heteroatoms. The van der Waals surface area contributed by atoms with Crippen molar-refractivity contribution >= 4 is 17.1 Å². The number of non-ortho nitro benzene ring substituents is 1. The second-order valence-corrected chi connectivity index (χ2v) is 6.07. The lowest BCUT2D eigenvalue weighted by Crippen LogP contribution is -2.56. The minimum absolute atomic E-state index is 0.121. The Kier molecular flexibility index (Phi) is 4.37. The van der Waals surface area contributed by atoms with Gasteiger partial charge in [0.1, 0.15) is 0 Å². The van der Waals surface area contributed by atoms with E-state index in [0.29, 0.717) is 0 Å². The smallest absolute Gasteiger partial charge is 0.273 e.